The van der Waals surface area contributed by atoms with Gasteiger partial charge in [0.2, 0.25) is 5.91 Å². The topological polar surface area (TPSA) is 54.0 Å². The molecule has 1 aromatic rings. The molecule has 1 fully saturated rings. The molecule has 0 saturated carbocycles. The maximum Gasteiger partial charge on any atom is 0.237 e. The number of hydrogen-bond acceptors (Lipinski definition) is 3. The normalized spacial score (nSPS) is 21.2. The monoisotopic (exact) mass is 219 g/mol. The summed E-state index contributed by atoms with van der Waals surface area (Å²) < 4.78 is 0. The lowest BCUT2D eigenvalue weighted by Gasteiger charge is -2.14. The summed E-state index contributed by atoms with van der Waals surface area (Å²) in [5.41, 5.74) is 0.972. The van der Waals surface area contributed by atoms with Crippen LogP contribution in [0, 0.1) is 0 Å². The average molecular weight is 219 g/mol. The fourth-order valence-electron chi connectivity index (χ4n) is 1.86. The van der Waals surface area contributed by atoms with Gasteiger partial charge in [-0.05, 0) is 31.4 Å². The molecule has 1 aliphatic heterocycles. The molecule has 1 atom stereocenters. The van der Waals surface area contributed by atoms with Crippen LogP contribution in [0.2, 0.25) is 0 Å². The van der Waals surface area contributed by atoms with E-state index in [4.69, 9.17) is 0 Å². The van der Waals surface area contributed by atoms with E-state index in [1.807, 2.05) is 18.2 Å². The molecule has 4 heteroatoms. The highest BCUT2D eigenvalue weighted by atomic mass is 16.2. The minimum atomic E-state index is -0.0653. The molecule has 86 valence electrons. The molecule has 0 spiro atoms. The summed E-state index contributed by atoms with van der Waals surface area (Å²) in [7, 11) is 0. The van der Waals surface area contributed by atoms with Crippen LogP contribution in [0.15, 0.2) is 24.4 Å². The van der Waals surface area contributed by atoms with E-state index in [2.05, 4.69) is 15.6 Å². The molecule has 4 nitrogen and oxygen atoms in total. The van der Waals surface area contributed by atoms with Crippen molar-refractivity contribution in [3.05, 3.63) is 30.1 Å². The third kappa shape index (κ3) is 3.03. The van der Waals surface area contributed by atoms with Crippen LogP contribution in [0.25, 0.3) is 0 Å². The summed E-state index contributed by atoms with van der Waals surface area (Å²) >= 11 is 0. The third-order valence-corrected chi connectivity index (χ3v) is 2.79. The van der Waals surface area contributed by atoms with Gasteiger partial charge in [0.15, 0.2) is 0 Å². The van der Waals surface area contributed by atoms with Crippen molar-refractivity contribution in [2.24, 2.45) is 0 Å². The Morgan fingerprint density at radius 2 is 2.38 bits per heavy atom. The van der Waals surface area contributed by atoms with Gasteiger partial charge in [-0.1, -0.05) is 6.07 Å². The zero-order chi connectivity index (χ0) is 11.2. The summed E-state index contributed by atoms with van der Waals surface area (Å²) in [6.07, 6.45) is 4.86. The van der Waals surface area contributed by atoms with E-state index in [-0.39, 0.29) is 11.9 Å². The SMILES string of the molecule is O=C1NCCCCC1NCc1ccccn1. The number of amides is 1. The first-order valence-electron chi connectivity index (χ1n) is 5.77. The van der Waals surface area contributed by atoms with E-state index in [1.54, 1.807) is 6.20 Å². The molecular weight excluding hydrogens is 202 g/mol. The number of carbonyl (C=O) groups is 1. The first kappa shape index (κ1) is 11.1. The van der Waals surface area contributed by atoms with Crippen LogP contribution in [0.1, 0.15) is 25.0 Å². The van der Waals surface area contributed by atoms with Crippen molar-refractivity contribution in [3.8, 4) is 0 Å². The zero-order valence-corrected chi connectivity index (χ0v) is 9.28. The highest BCUT2D eigenvalue weighted by Crippen LogP contribution is 2.06. The Kier molecular flexibility index (Phi) is 3.88. The van der Waals surface area contributed by atoms with E-state index in [0.29, 0.717) is 6.54 Å². The lowest BCUT2D eigenvalue weighted by Crippen LogP contribution is -2.42. The Labute approximate surface area is 95.5 Å². The smallest absolute Gasteiger partial charge is 0.237 e. The van der Waals surface area contributed by atoms with Gasteiger partial charge in [0.25, 0.3) is 0 Å². The minimum absolute atomic E-state index is 0.0653. The predicted octanol–water partition coefficient (Wildman–Crippen LogP) is 0.840. The molecule has 1 saturated heterocycles. The molecular formula is C12H17N3O. The second-order valence-electron chi connectivity index (χ2n) is 4.04. The van der Waals surface area contributed by atoms with Crippen molar-refractivity contribution in [2.75, 3.05) is 6.54 Å². The minimum Gasteiger partial charge on any atom is -0.355 e. The van der Waals surface area contributed by atoms with Gasteiger partial charge in [0.05, 0.1) is 11.7 Å². The number of nitrogens with zero attached hydrogens (tertiary/aromatic N) is 1. The van der Waals surface area contributed by atoms with Gasteiger partial charge >= 0.3 is 0 Å². The fraction of sp³-hybridized carbons (Fsp3) is 0.500. The van der Waals surface area contributed by atoms with Crippen LogP contribution in [0.5, 0.6) is 0 Å². The van der Waals surface area contributed by atoms with Gasteiger partial charge in [-0.3, -0.25) is 9.78 Å². The quantitative estimate of drug-likeness (QED) is 0.792. The fourth-order valence-corrected chi connectivity index (χ4v) is 1.86. The second-order valence-corrected chi connectivity index (χ2v) is 4.04. The molecule has 2 heterocycles. The molecule has 0 aliphatic carbocycles. The Balaban J connectivity index is 1.86. The second kappa shape index (κ2) is 5.61. The summed E-state index contributed by atoms with van der Waals surface area (Å²) in [4.78, 5) is 15.9. The summed E-state index contributed by atoms with van der Waals surface area (Å²) in [6, 6.07) is 5.74. The Morgan fingerprint density at radius 3 is 3.19 bits per heavy atom. The van der Waals surface area contributed by atoms with Gasteiger partial charge in [0.1, 0.15) is 0 Å². The highest BCUT2D eigenvalue weighted by molar-refractivity contribution is 5.81. The van der Waals surface area contributed by atoms with Gasteiger partial charge < -0.3 is 10.6 Å². The zero-order valence-electron chi connectivity index (χ0n) is 9.28. The number of pyridine rings is 1. The van der Waals surface area contributed by atoms with E-state index in [9.17, 15) is 4.79 Å². The number of nitrogens with one attached hydrogen (secondary N) is 2. The average Bonchev–Trinajstić information content (AvgIpc) is 2.53. The van der Waals surface area contributed by atoms with Gasteiger partial charge in [-0.15, -0.1) is 0 Å². The predicted molar refractivity (Wildman–Crippen MR) is 61.7 cm³/mol. The molecule has 0 bridgehead atoms. The number of hydrogen-bond donors (Lipinski definition) is 2. The summed E-state index contributed by atoms with van der Waals surface area (Å²) in [5.74, 6) is 0.119. The van der Waals surface area contributed by atoms with Crippen LogP contribution in [0.4, 0.5) is 0 Å². The number of carbonyl (C=O) groups excluding carboxylic acids is 1. The Bertz CT molecular complexity index is 339. The summed E-state index contributed by atoms with van der Waals surface area (Å²) in [6.45, 7) is 1.46. The molecule has 1 unspecified atom stereocenters. The highest BCUT2D eigenvalue weighted by Gasteiger charge is 2.19. The van der Waals surface area contributed by atoms with Crippen molar-refractivity contribution in [1.29, 1.82) is 0 Å². The third-order valence-electron chi connectivity index (χ3n) is 2.79. The molecule has 2 rings (SSSR count). The molecule has 1 aliphatic rings. The van der Waals surface area contributed by atoms with Crippen LogP contribution >= 0.6 is 0 Å². The van der Waals surface area contributed by atoms with Crippen molar-refractivity contribution in [2.45, 2.75) is 31.8 Å². The molecule has 1 amide bonds. The molecule has 2 N–H and O–H groups in total. The van der Waals surface area contributed by atoms with E-state index < -0.39 is 0 Å². The van der Waals surface area contributed by atoms with Crippen molar-refractivity contribution < 1.29 is 4.79 Å². The first-order valence-corrected chi connectivity index (χ1v) is 5.77. The molecule has 0 radical (unpaired) electrons. The van der Waals surface area contributed by atoms with Crippen molar-refractivity contribution >= 4 is 5.91 Å². The Hall–Kier alpha value is -1.42. The maximum absolute atomic E-state index is 11.6. The van der Waals surface area contributed by atoms with Crippen LogP contribution in [-0.2, 0) is 11.3 Å². The van der Waals surface area contributed by atoms with Crippen LogP contribution in [-0.4, -0.2) is 23.5 Å². The molecule has 1 aromatic heterocycles. The number of aromatic nitrogens is 1. The van der Waals surface area contributed by atoms with Crippen molar-refractivity contribution in [3.63, 3.8) is 0 Å². The van der Waals surface area contributed by atoms with Crippen LogP contribution in [0.3, 0.4) is 0 Å². The lowest BCUT2D eigenvalue weighted by atomic mass is 10.1. The summed E-state index contributed by atoms with van der Waals surface area (Å²) in [5, 5.41) is 6.16. The van der Waals surface area contributed by atoms with Gasteiger partial charge in [-0.25, -0.2) is 0 Å². The van der Waals surface area contributed by atoms with E-state index >= 15 is 0 Å². The van der Waals surface area contributed by atoms with E-state index in [0.717, 1.165) is 31.5 Å². The van der Waals surface area contributed by atoms with Gasteiger partial charge in [0, 0.05) is 19.3 Å². The standard InChI is InChI=1S/C12H17N3O/c16-12-11(6-2-4-8-14-12)15-9-10-5-1-3-7-13-10/h1,3,5,7,11,15H,2,4,6,8-9H2,(H,14,16). The van der Waals surface area contributed by atoms with Crippen LogP contribution < -0.4 is 10.6 Å². The van der Waals surface area contributed by atoms with E-state index in [1.165, 1.54) is 0 Å². The maximum atomic E-state index is 11.6. The van der Waals surface area contributed by atoms with Crippen molar-refractivity contribution in [1.82, 2.24) is 15.6 Å². The largest absolute Gasteiger partial charge is 0.355 e. The first-order chi connectivity index (χ1) is 7.86. The Morgan fingerprint density at radius 1 is 1.44 bits per heavy atom. The number of rotatable bonds is 3. The molecule has 0 aromatic carbocycles. The van der Waals surface area contributed by atoms with Gasteiger partial charge in [-0.2, -0.15) is 0 Å². The lowest BCUT2D eigenvalue weighted by molar-refractivity contribution is -0.122. The molecule has 16 heavy (non-hydrogen) atoms.